The second-order valence-electron chi connectivity index (χ2n) is 7.31. The summed E-state index contributed by atoms with van der Waals surface area (Å²) in [5.41, 5.74) is -0.378. The Morgan fingerprint density at radius 2 is 2.00 bits per heavy atom. The fraction of sp³-hybridized carbons (Fsp3) is 0.429. The van der Waals surface area contributed by atoms with Gasteiger partial charge in [-0.05, 0) is 37.1 Å². The van der Waals surface area contributed by atoms with Crippen LogP contribution >= 0.6 is 0 Å². The highest BCUT2D eigenvalue weighted by Crippen LogP contribution is 2.31. The summed E-state index contributed by atoms with van der Waals surface area (Å²) in [7, 11) is 0. The Morgan fingerprint density at radius 1 is 1.26 bits per heavy atom. The second kappa shape index (κ2) is 9.86. The van der Waals surface area contributed by atoms with Crippen molar-refractivity contribution in [2.24, 2.45) is 5.92 Å². The van der Waals surface area contributed by atoms with Gasteiger partial charge in [-0.3, -0.25) is 9.59 Å². The molecule has 1 aliphatic rings. The van der Waals surface area contributed by atoms with E-state index in [1.807, 2.05) is 0 Å². The first-order valence-electron chi connectivity index (χ1n) is 9.81. The van der Waals surface area contributed by atoms with Gasteiger partial charge >= 0.3 is 6.18 Å². The van der Waals surface area contributed by atoms with Gasteiger partial charge in [-0.25, -0.2) is 0 Å². The first kappa shape index (κ1) is 22.7. The van der Waals surface area contributed by atoms with Crippen LogP contribution < -0.4 is 10.1 Å². The third kappa shape index (κ3) is 6.24. The molecule has 3 rings (SSSR count). The summed E-state index contributed by atoms with van der Waals surface area (Å²) in [6.45, 7) is 0.512. The van der Waals surface area contributed by atoms with E-state index in [9.17, 15) is 27.9 Å². The molecular formula is C21H23F3N2O5. The summed E-state index contributed by atoms with van der Waals surface area (Å²) in [5, 5.41) is 12.6. The van der Waals surface area contributed by atoms with Crippen LogP contribution in [0.4, 0.5) is 13.2 Å². The molecule has 1 aliphatic heterocycles. The third-order valence-electron chi connectivity index (χ3n) is 5.04. The molecule has 2 amide bonds. The fourth-order valence-electron chi connectivity index (χ4n) is 3.29. The highest BCUT2D eigenvalue weighted by molar-refractivity contribution is 5.94. The molecule has 1 saturated heterocycles. The first-order valence-corrected chi connectivity index (χ1v) is 9.81. The van der Waals surface area contributed by atoms with Crippen LogP contribution in [-0.4, -0.2) is 54.2 Å². The molecule has 7 nitrogen and oxygen atoms in total. The number of amides is 2. The maximum absolute atomic E-state index is 12.7. The van der Waals surface area contributed by atoms with Gasteiger partial charge in [0, 0.05) is 25.6 Å². The van der Waals surface area contributed by atoms with Crippen molar-refractivity contribution in [1.29, 1.82) is 0 Å². The molecule has 0 bridgehead atoms. The summed E-state index contributed by atoms with van der Waals surface area (Å²) >= 11 is 0. The van der Waals surface area contributed by atoms with Gasteiger partial charge in [0.05, 0.1) is 17.4 Å². The Kier molecular flexibility index (Phi) is 7.21. The Bertz CT molecular complexity index is 877. The van der Waals surface area contributed by atoms with Crippen LogP contribution in [0.15, 0.2) is 47.3 Å². The van der Waals surface area contributed by atoms with Gasteiger partial charge in [0.2, 0.25) is 5.91 Å². The van der Waals surface area contributed by atoms with Crippen LogP contribution in [0.2, 0.25) is 0 Å². The lowest BCUT2D eigenvalue weighted by atomic mass is 9.95. The number of hydrogen-bond donors (Lipinski definition) is 2. The number of carbonyl (C=O) groups excluding carboxylic acids is 2. The predicted octanol–water partition coefficient (Wildman–Crippen LogP) is 2.71. The smallest absolute Gasteiger partial charge is 0.416 e. The van der Waals surface area contributed by atoms with Gasteiger partial charge in [0.15, 0.2) is 0 Å². The van der Waals surface area contributed by atoms with E-state index in [0.29, 0.717) is 31.5 Å². The Labute approximate surface area is 176 Å². The topological polar surface area (TPSA) is 92.0 Å². The first-order chi connectivity index (χ1) is 14.7. The van der Waals surface area contributed by atoms with E-state index in [-0.39, 0.29) is 36.6 Å². The summed E-state index contributed by atoms with van der Waals surface area (Å²) in [6.07, 6.45) is -1.77. The van der Waals surface area contributed by atoms with E-state index in [1.165, 1.54) is 24.7 Å². The van der Waals surface area contributed by atoms with Crippen molar-refractivity contribution in [2.45, 2.75) is 25.1 Å². The number of aliphatic hydroxyl groups excluding tert-OH is 1. The zero-order valence-electron chi connectivity index (χ0n) is 16.6. The standard InChI is InChI=1S/C21H23F3N2O5/c22-21(23,24)16-2-1-3-18(10-16)31-13-17(27)11-25-19(28)14-4-7-26(8-5-14)20(29)15-6-9-30-12-15/h1-3,6,9-10,12,14,17,27H,4-5,7-8,11,13H2,(H,25,28). The van der Waals surface area contributed by atoms with Crippen molar-refractivity contribution in [1.82, 2.24) is 10.2 Å². The molecule has 1 aromatic heterocycles. The van der Waals surface area contributed by atoms with Crippen LogP contribution in [0.5, 0.6) is 5.75 Å². The highest BCUT2D eigenvalue weighted by atomic mass is 19.4. The number of hydrogen-bond acceptors (Lipinski definition) is 5. The Balaban J connectivity index is 1.38. The molecule has 2 heterocycles. The molecule has 0 aliphatic carbocycles. The zero-order chi connectivity index (χ0) is 22.4. The number of rotatable bonds is 7. The molecule has 0 spiro atoms. The van der Waals surface area contributed by atoms with Crippen LogP contribution in [0.3, 0.4) is 0 Å². The Morgan fingerprint density at radius 3 is 2.65 bits per heavy atom. The quantitative estimate of drug-likeness (QED) is 0.691. The molecule has 10 heteroatoms. The zero-order valence-corrected chi connectivity index (χ0v) is 16.6. The van der Waals surface area contributed by atoms with Gasteiger partial charge in [0.25, 0.3) is 5.91 Å². The maximum atomic E-state index is 12.7. The van der Waals surface area contributed by atoms with E-state index in [4.69, 9.17) is 9.15 Å². The van der Waals surface area contributed by atoms with Crippen molar-refractivity contribution in [2.75, 3.05) is 26.2 Å². The van der Waals surface area contributed by atoms with Gasteiger partial charge in [-0.15, -0.1) is 0 Å². The molecule has 1 fully saturated rings. The fourth-order valence-corrected chi connectivity index (χ4v) is 3.29. The van der Waals surface area contributed by atoms with E-state index in [0.717, 1.165) is 12.1 Å². The molecule has 2 aromatic rings. The number of ether oxygens (including phenoxy) is 1. The van der Waals surface area contributed by atoms with E-state index < -0.39 is 17.8 Å². The van der Waals surface area contributed by atoms with Crippen LogP contribution in [0.25, 0.3) is 0 Å². The van der Waals surface area contributed by atoms with Crippen molar-refractivity contribution < 1.29 is 37.0 Å². The molecule has 31 heavy (non-hydrogen) atoms. The average Bonchev–Trinajstić information content (AvgIpc) is 3.30. The van der Waals surface area contributed by atoms with Crippen molar-refractivity contribution in [3.05, 3.63) is 54.0 Å². The molecule has 1 unspecified atom stereocenters. The van der Waals surface area contributed by atoms with Gasteiger partial charge in [-0.1, -0.05) is 6.07 Å². The minimum Gasteiger partial charge on any atom is -0.491 e. The third-order valence-corrected chi connectivity index (χ3v) is 5.04. The van der Waals surface area contributed by atoms with Crippen molar-refractivity contribution in [3.8, 4) is 5.75 Å². The van der Waals surface area contributed by atoms with Gasteiger partial charge < -0.3 is 24.5 Å². The monoisotopic (exact) mass is 440 g/mol. The molecule has 1 atom stereocenters. The number of alkyl halides is 3. The van der Waals surface area contributed by atoms with E-state index in [1.54, 1.807) is 11.0 Å². The number of nitrogens with one attached hydrogen (secondary N) is 1. The molecule has 1 aromatic carbocycles. The number of halogens is 3. The van der Waals surface area contributed by atoms with Gasteiger partial charge in [-0.2, -0.15) is 13.2 Å². The normalized spacial score (nSPS) is 16.1. The lowest BCUT2D eigenvalue weighted by Gasteiger charge is -2.31. The summed E-state index contributed by atoms with van der Waals surface area (Å²) in [5.74, 6) is -0.692. The second-order valence-corrected chi connectivity index (χ2v) is 7.31. The molecule has 0 saturated carbocycles. The van der Waals surface area contributed by atoms with E-state index in [2.05, 4.69) is 5.32 Å². The lowest BCUT2D eigenvalue weighted by molar-refractivity contribution is -0.137. The number of nitrogens with zero attached hydrogens (tertiary/aromatic N) is 1. The number of likely N-dealkylation sites (tertiary alicyclic amines) is 1. The summed E-state index contributed by atoms with van der Waals surface area (Å²) in [4.78, 5) is 26.3. The average molecular weight is 440 g/mol. The summed E-state index contributed by atoms with van der Waals surface area (Å²) < 4.78 is 48.3. The number of aliphatic hydroxyl groups is 1. The predicted molar refractivity (Wildman–Crippen MR) is 103 cm³/mol. The highest BCUT2D eigenvalue weighted by Gasteiger charge is 2.31. The largest absolute Gasteiger partial charge is 0.491 e. The number of carbonyl (C=O) groups is 2. The lowest BCUT2D eigenvalue weighted by Crippen LogP contribution is -2.44. The molecule has 0 radical (unpaired) electrons. The van der Waals surface area contributed by atoms with Crippen molar-refractivity contribution >= 4 is 11.8 Å². The van der Waals surface area contributed by atoms with Crippen LogP contribution in [0, 0.1) is 5.92 Å². The Hall–Kier alpha value is -3.01. The SMILES string of the molecule is O=C(NCC(O)COc1cccc(C(F)(F)F)c1)C1CCN(C(=O)c2ccoc2)CC1. The maximum Gasteiger partial charge on any atom is 0.416 e. The van der Waals surface area contributed by atoms with Crippen LogP contribution in [0.1, 0.15) is 28.8 Å². The number of piperidine rings is 1. The number of benzene rings is 1. The van der Waals surface area contributed by atoms with E-state index >= 15 is 0 Å². The minimum absolute atomic E-state index is 0.0186. The van der Waals surface area contributed by atoms with Gasteiger partial charge in [0.1, 0.15) is 24.7 Å². The molecular weight excluding hydrogens is 417 g/mol. The number of furan rings is 1. The van der Waals surface area contributed by atoms with Crippen molar-refractivity contribution in [3.63, 3.8) is 0 Å². The molecule has 2 N–H and O–H groups in total. The van der Waals surface area contributed by atoms with Crippen LogP contribution in [-0.2, 0) is 11.0 Å². The summed E-state index contributed by atoms with van der Waals surface area (Å²) in [6, 6.07) is 5.95. The minimum atomic E-state index is -4.48. The molecule has 168 valence electrons.